The van der Waals surface area contributed by atoms with Crippen LogP contribution < -0.4 is 0 Å². The molecule has 10 nitrogen and oxygen atoms in total. The maximum absolute atomic E-state index is 11.9. The zero-order valence-corrected chi connectivity index (χ0v) is 21.5. The predicted molar refractivity (Wildman–Crippen MR) is 135 cm³/mol. The number of rotatable bonds is 9. The van der Waals surface area contributed by atoms with Gasteiger partial charge in [0.25, 0.3) is 0 Å². The van der Waals surface area contributed by atoms with Crippen molar-refractivity contribution in [1.29, 1.82) is 0 Å². The van der Waals surface area contributed by atoms with E-state index >= 15 is 0 Å². The molecule has 0 amide bonds. The molecule has 0 bridgehead atoms. The average Bonchev–Trinajstić information content (AvgIpc) is 2.81. The molecule has 2 rings (SSSR count). The van der Waals surface area contributed by atoms with Crippen molar-refractivity contribution in [1.82, 2.24) is 0 Å². The standard InChI is InChI=1S/C24H24Cl2N4O6/c1-5-35-23(33)21(13(3)31)29-27-19-9-7-15(11-17(19)25)16-8-10-20(18(26)12-16)28-30-22(14(4)32)24(34)36-6-2/h7-12,31-32H,5-6H2,1-4H3. The van der Waals surface area contributed by atoms with Crippen LogP contribution in [0.2, 0.25) is 10.0 Å². The Balaban J connectivity index is 2.29. The Bertz CT molecular complexity index is 1170. The zero-order chi connectivity index (χ0) is 26.8. The number of ether oxygens (including phenoxy) is 2. The van der Waals surface area contributed by atoms with E-state index in [4.69, 9.17) is 32.7 Å². The Kier molecular flexibility index (Phi) is 10.6. The summed E-state index contributed by atoms with van der Waals surface area (Å²) < 4.78 is 9.68. The molecule has 0 aliphatic rings. The fourth-order valence-corrected chi connectivity index (χ4v) is 3.10. The van der Waals surface area contributed by atoms with Crippen LogP contribution in [-0.2, 0) is 19.1 Å². The van der Waals surface area contributed by atoms with Crippen LogP contribution >= 0.6 is 23.2 Å². The Morgan fingerprint density at radius 3 is 1.39 bits per heavy atom. The third-order valence-corrected chi connectivity index (χ3v) is 4.97. The number of azo groups is 2. The highest BCUT2D eigenvalue weighted by Gasteiger charge is 2.16. The van der Waals surface area contributed by atoms with Gasteiger partial charge in [0.1, 0.15) is 22.9 Å². The number of halogens is 2. The molecule has 190 valence electrons. The van der Waals surface area contributed by atoms with E-state index in [1.807, 2.05) is 0 Å². The lowest BCUT2D eigenvalue weighted by molar-refractivity contribution is -0.139. The number of esters is 2. The van der Waals surface area contributed by atoms with Crippen LogP contribution in [0, 0.1) is 0 Å². The van der Waals surface area contributed by atoms with E-state index < -0.39 is 11.9 Å². The summed E-state index contributed by atoms with van der Waals surface area (Å²) in [7, 11) is 0. The van der Waals surface area contributed by atoms with Gasteiger partial charge < -0.3 is 19.7 Å². The minimum absolute atomic E-state index is 0.119. The first-order valence-corrected chi connectivity index (χ1v) is 11.4. The van der Waals surface area contributed by atoms with Gasteiger partial charge in [0.05, 0.1) is 23.3 Å². The number of hydrogen-bond acceptors (Lipinski definition) is 10. The summed E-state index contributed by atoms with van der Waals surface area (Å²) in [5.41, 5.74) is 1.26. The number of nitrogens with zero attached hydrogens (tertiary/aromatic N) is 4. The monoisotopic (exact) mass is 534 g/mol. The number of allylic oxidation sites excluding steroid dienone is 2. The fourth-order valence-electron chi connectivity index (χ4n) is 2.66. The van der Waals surface area contributed by atoms with Crippen molar-refractivity contribution >= 4 is 46.5 Å². The molecule has 2 N–H and O–H groups in total. The average molecular weight is 535 g/mol. The lowest BCUT2D eigenvalue weighted by Crippen LogP contribution is -2.07. The van der Waals surface area contributed by atoms with Gasteiger partial charge in [-0.2, -0.15) is 0 Å². The Morgan fingerprint density at radius 1 is 0.750 bits per heavy atom. The lowest BCUT2D eigenvalue weighted by Gasteiger charge is -2.07. The summed E-state index contributed by atoms with van der Waals surface area (Å²) in [6.07, 6.45) is 0. The van der Waals surface area contributed by atoms with Crippen molar-refractivity contribution in [2.24, 2.45) is 20.5 Å². The molecule has 0 spiro atoms. The molecule has 0 atom stereocenters. The molecule has 0 aliphatic heterocycles. The number of aliphatic hydroxyl groups is 2. The van der Waals surface area contributed by atoms with Crippen LogP contribution in [0.3, 0.4) is 0 Å². The molecule has 0 unspecified atom stereocenters. The zero-order valence-electron chi connectivity index (χ0n) is 20.0. The van der Waals surface area contributed by atoms with Crippen molar-refractivity contribution in [2.75, 3.05) is 13.2 Å². The van der Waals surface area contributed by atoms with E-state index in [0.29, 0.717) is 11.1 Å². The van der Waals surface area contributed by atoms with Gasteiger partial charge in [-0.15, -0.1) is 20.5 Å². The molecular weight excluding hydrogens is 511 g/mol. The van der Waals surface area contributed by atoms with Gasteiger partial charge in [0.15, 0.2) is 0 Å². The first-order chi connectivity index (χ1) is 17.1. The smallest absolute Gasteiger partial charge is 0.362 e. The molecule has 36 heavy (non-hydrogen) atoms. The van der Waals surface area contributed by atoms with E-state index in [2.05, 4.69) is 20.5 Å². The van der Waals surface area contributed by atoms with Crippen LogP contribution in [0.4, 0.5) is 11.4 Å². The predicted octanol–water partition coefficient (Wildman–Crippen LogP) is 7.53. The first kappa shape index (κ1) is 28.5. The van der Waals surface area contributed by atoms with Crippen molar-refractivity contribution in [3.8, 4) is 11.1 Å². The van der Waals surface area contributed by atoms with Crippen LogP contribution in [0.5, 0.6) is 0 Å². The second kappa shape index (κ2) is 13.4. The van der Waals surface area contributed by atoms with Gasteiger partial charge >= 0.3 is 11.9 Å². The first-order valence-electron chi connectivity index (χ1n) is 10.7. The summed E-state index contributed by atoms with van der Waals surface area (Å²) in [5, 5.41) is 35.2. The minimum atomic E-state index is -0.806. The second-order valence-electron chi connectivity index (χ2n) is 7.04. The molecular formula is C24H24Cl2N4O6. The van der Waals surface area contributed by atoms with E-state index in [1.54, 1.807) is 50.2 Å². The molecule has 0 fully saturated rings. The van der Waals surface area contributed by atoms with Gasteiger partial charge in [0, 0.05) is 0 Å². The van der Waals surface area contributed by atoms with Crippen molar-refractivity contribution in [3.05, 3.63) is 69.4 Å². The molecule has 0 aliphatic carbocycles. The number of carbonyl (C=O) groups excluding carboxylic acids is 2. The molecule has 12 heteroatoms. The highest BCUT2D eigenvalue weighted by molar-refractivity contribution is 6.34. The minimum Gasteiger partial charge on any atom is -0.510 e. The summed E-state index contributed by atoms with van der Waals surface area (Å²) >= 11 is 12.7. The molecule has 0 aromatic heterocycles. The summed E-state index contributed by atoms with van der Waals surface area (Å²) in [6, 6.07) is 9.84. The molecule has 0 saturated carbocycles. The van der Waals surface area contributed by atoms with Gasteiger partial charge in [-0.25, -0.2) is 9.59 Å². The molecule has 0 heterocycles. The topological polar surface area (TPSA) is 142 Å². The van der Waals surface area contributed by atoms with E-state index in [9.17, 15) is 19.8 Å². The SMILES string of the molecule is CCOC(=O)C(N=Nc1ccc(-c2ccc(N=NC(C(=O)OCC)=C(C)O)c(Cl)c2)cc1Cl)=C(C)O. The third kappa shape index (κ3) is 7.62. The highest BCUT2D eigenvalue weighted by Crippen LogP contribution is 2.35. The van der Waals surface area contributed by atoms with Gasteiger partial charge in [0.2, 0.25) is 11.4 Å². The Morgan fingerprint density at radius 2 is 1.11 bits per heavy atom. The number of carbonyl (C=O) groups is 2. The molecule has 0 saturated heterocycles. The van der Waals surface area contributed by atoms with Crippen LogP contribution in [0.1, 0.15) is 27.7 Å². The normalized spacial score (nSPS) is 12.9. The quantitative estimate of drug-likeness (QED) is 0.147. The summed E-state index contributed by atoms with van der Waals surface area (Å²) in [4.78, 5) is 23.8. The second-order valence-corrected chi connectivity index (χ2v) is 7.86. The highest BCUT2D eigenvalue weighted by atomic mass is 35.5. The van der Waals surface area contributed by atoms with Crippen molar-refractivity contribution in [3.63, 3.8) is 0 Å². The van der Waals surface area contributed by atoms with Crippen molar-refractivity contribution < 1.29 is 29.3 Å². The maximum atomic E-state index is 11.9. The lowest BCUT2D eigenvalue weighted by atomic mass is 10.1. The molecule has 0 radical (unpaired) electrons. The Labute approximate surface area is 217 Å². The van der Waals surface area contributed by atoms with Crippen molar-refractivity contribution in [2.45, 2.75) is 27.7 Å². The Hall–Kier alpha value is -3.76. The number of benzene rings is 2. The van der Waals surface area contributed by atoms with Crippen LogP contribution in [0.15, 0.2) is 79.8 Å². The van der Waals surface area contributed by atoms with Crippen LogP contribution in [-0.4, -0.2) is 35.4 Å². The largest absolute Gasteiger partial charge is 0.510 e. The van der Waals surface area contributed by atoms with E-state index in [0.717, 1.165) is 0 Å². The van der Waals surface area contributed by atoms with Gasteiger partial charge in [-0.3, -0.25) is 0 Å². The van der Waals surface area contributed by atoms with Gasteiger partial charge in [-0.05, 0) is 63.1 Å². The van der Waals surface area contributed by atoms with E-state index in [-0.39, 0.29) is 57.5 Å². The number of aliphatic hydroxyl groups excluding tert-OH is 2. The molecule has 2 aromatic carbocycles. The van der Waals surface area contributed by atoms with E-state index in [1.165, 1.54) is 13.8 Å². The summed E-state index contributed by atoms with van der Waals surface area (Å²) in [5.74, 6) is -2.29. The van der Waals surface area contributed by atoms with Crippen LogP contribution in [0.25, 0.3) is 11.1 Å². The third-order valence-electron chi connectivity index (χ3n) is 4.37. The number of hydrogen-bond donors (Lipinski definition) is 2. The summed E-state index contributed by atoms with van der Waals surface area (Å²) in [6.45, 7) is 6.08. The fraction of sp³-hybridized carbons (Fsp3) is 0.250. The molecule has 2 aromatic rings. The maximum Gasteiger partial charge on any atom is 0.362 e. The van der Waals surface area contributed by atoms with Gasteiger partial charge in [-0.1, -0.05) is 35.3 Å².